The van der Waals surface area contributed by atoms with Crippen LogP contribution in [-0.2, 0) is 0 Å². The lowest BCUT2D eigenvalue weighted by atomic mass is 9.72. The van der Waals surface area contributed by atoms with E-state index < -0.39 is 0 Å². The molecule has 4 aliphatic rings. The Morgan fingerprint density at radius 3 is 0.588 bits per heavy atom. The molecule has 0 spiro atoms. The van der Waals surface area contributed by atoms with Crippen LogP contribution in [0, 0.1) is 21.7 Å². The van der Waals surface area contributed by atoms with Crippen molar-refractivity contribution < 1.29 is 0 Å². The van der Waals surface area contributed by atoms with Gasteiger partial charge in [-0.15, -0.1) is 0 Å². The van der Waals surface area contributed by atoms with Crippen molar-refractivity contribution in [2.24, 2.45) is 21.7 Å². The molecule has 0 heterocycles. The fraction of sp³-hybridized carbons (Fsp3) is 0.450. The van der Waals surface area contributed by atoms with Gasteiger partial charge in [-0.25, -0.2) is 0 Å². The quantitative estimate of drug-likeness (QED) is 0.107. The summed E-state index contributed by atoms with van der Waals surface area (Å²) in [6, 6.07) is 0. The third-order valence-corrected chi connectivity index (χ3v) is 16.8. The molecule has 0 aromatic heterocycles. The SMILES string of the molecule is CC1=C(/C=C/C(C)=C/C=C/C(C)=C/C=C/C=C(C)/C=C/C=C(C)/C=C/C2=C(C)CCCC2(C)C)C(C)(C)CCC1.CC1=C(/C=C/C(C)=C/C=C/C(C)=C/C=C/C=C(C)/C=C/C=C(C)/C=C/C2=C(C)CCCC2(C)C)C(C)(C)CCC1. The molecule has 0 unspecified atom stereocenters. The molecule has 0 atom stereocenters. The van der Waals surface area contributed by atoms with Gasteiger partial charge < -0.3 is 0 Å². The van der Waals surface area contributed by atoms with E-state index in [-0.39, 0.29) is 0 Å². The summed E-state index contributed by atoms with van der Waals surface area (Å²) in [5.74, 6) is 0. The summed E-state index contributed by atoms with van der Waals surface area (Å²) in [5.41, 5.74) is 23.5. The van der Waals surface area contributed by atoms with Crippen LogP contribution >= 0.6 is 0 Å². The van der Waals surface area contributed by atoms with Crippen molar-refractivity contribution in [1.82, 2.24) is 0 Å². The van der Waals surface area contributed by atoms with Gasteiger partial charge in [-0.3, -0.25) is 0 Å². The van der Waals surface area contributed by atoms with E-state index in [2.05, 4.69) is 309 Å². The zero-order valence-corrected chi connectivity index (χ0v) is 54.7. The van der Waals surface area contributed by atoms with E-state index in [1.807, 2.05) is 0 Å². The maximum absolute atomic E-state index is 2.37. The second kappa shape index (κ2) is 33.9. The molecule has 4 aliphatic carbocycles. The highest BCUT2D eigenvalue weighted by Crippen LogP contribution is 2.44. The Hall–Kier alpha value is -5.72. The number of rotatable bonds is 20. The van der Waals surface area contributed by atoms with Crippen LogP contribution in [0.4, 0.5) is 0 Å². The Kier molecular flexibility index (Phi) is 29.0. The predicted molar refractivity (Wildman–Crippen MR) is 363 cm³/mol. The third kappa shape index (κ3) is 25.4. The predicted octanol–water partition coefficient (Wildman–Crippen LogP) is 25.2. The lowest BCUT2D eigenvalue weighted by Gasteiger charge is -2.33. The van der Waals surface area contributed by atoms with E-state index in [1.165, 1.54) is 144 Å². The molecule has 80 heavy (non-hydrogen) atoms. The lowest BCUT2D eigenvalue weighted by molar-refractivity contribution is 0.376. The van der Waals surface area contributed by atoms with Crippen LogP contribution in [0.25, 0.3) is 0 Å². The van der Waals surface area contributed by atoms with Gasteiger partial charge in [-0.1, -0.05) is 292 Å². The van der Waals surface area contributed by atoms with Gasteiger partial charge in [-0.05, 0) is 204 Å². The summed E-state index contributed by atoms with van der Waals surface area (Å²) in [5, 5.41) is 0. The van der Waals surface area contributed by atoms with Crippen molar-refractivity contribution in [2.75, 3.05) is 0 Å². The normalized spacial score (nSPS) is 21.9. The zero-order valence-electron chi connectivity index (χ0n) is 54.7. The molecule has 0 bridgehead atoms. The number of hydrogen-bond acceptors (Lipinski definition) is 0. The summed E-state index contributed by atoms with van der Waals surface area (Å²) < 4.78 is 0. The molecular formula is C80H112. The molecular weight excluding hydrogens is 961 g/mol. The van der Waals surface area contributed by atoms with Crippen LogP contribution < -0.4 is 0 Å². The van der Waals surface area contributed by atoms with Crippen LogP contribution in [0.5, 0.6) is 0 Å². The third-order valence-electron chi connectivity index (χ3n) is 16.8. The van der Waals surface area contributed by atoms with Crippen molar-refractivity contribution in [3.63, 3.8) is 0 Å². The number of allylic oxidation sites excluding steroid dienone is 44. The molecule has 0 heteroatoms. The molecule has 0 saturated heterocycles. The Labute approximate surface area is 493 Å². The molecule has 0 N–H and O–H groups in total. The van der Waals surface area contributed by atoms with Crippen molar-refractivity contribution >= 4 is 0 Å². The van der Waals surface area contributed by atoms with Gasteiger partial charge in [0.1, 0.15) is 0 Å². The molecule has 4 rings (SSSR count). The molecule has 0 aliphatic heterocycles. The first-order chi connectivity index (χ1) is 37.6. The molecule has 432 valence electrons. The smallest absolute Gasteiger partial charge is 0.0104 e. The maximum Gasteiger partial charge on any atom is -0.0104 e. The van der Waals surface area contributed by atoms with E-state index in [4.69, 9.17) is 0 Å². The van der Waals surface area contributed by atoms with Crippen molar-refractivity contribution in [1.29, 1.82) is 0 Å². The fourth-order valence-corrected chi connectivity index (χ4v) is 11.6. The van der Waals surface area contributed by atoms with E-state index in [0.717, 1.165) is 0 Å². The summed E-state index contributed by atoms with van der Waals surface area (Å²) >= 11 is 0. The Morgan fingerprint density at radius 1 is 0.250 bits per heavy atom. The van der Waals surface area contributed by atoms with Crippen LogP contribution in [0.1, 0.15) is 216 Å². The molecule has 0 radical (unpaired) electrons. The van der Waals surface area contributed by atoms with Crippen LogP contribution in [0.2, 0.25) is 0 Å². The molecule has 0 fully saturated rings. The summed E-state index contributed by atoms with van der Waals surface area (Å²) in [6.07, 6.45) is 76.8. The Morgan fingerprint density at radius 2 is 0.412 bits per heavy atom. The molecule has 0 aromatic carbocycles. The minimum Gasteiger partial charge on any atom is -0.0696 e. The van der Waals surface area contributed by atoms with Gasteiger partial charge >= 0.3 is 0 Å². The van der Waals surface area contributed by atoms with E-state index >= 15 is 0 Å². The molecule has 0 aromatic rings. The first kappa shape index (κ1) is 68.6. The van der Waals surface area contributed by atoms with Crippen molar-refractivity contribution in [3.8, 4) is 0 Å². The monoisotopic (exact) mass is 1070 g/mol. The van der Waals surface area contributed by atoms with Gasteiger partial charge in [0.05, 0.1) is 0 Å². The van der Waals surface area contributed by atoms with E-state index in [1.54, 1.807) is 22.3 Å². The molecule has 0 saturated carbocycles. The fourth-order valence-electron chi connectivity index (χ4n) is 11.6. The first-order valence-electron chi connectivity index (χ1n) is 30.6. The highest BCUT2D eigenvalue weighted by molar-refractivity contribution is 5.42. The van der Waals surface area contributed by atoms with Crippen molar-refractivity contribution in [3.05, 3.63) is 259 Å². The van der Waals surface area contributed by atoms with E-state index in [0.29, 0.717) is 21.7 Å². The van der Waals surface area contributed by atoms with Crippen LogP contribution in [0.15, 0.2) is 259 Å². The van der Waals surface area contributed by atoms with Gasteiger partial charge in [-0.2, -0.15) is 0 Å². The largest absolute Gasteiger partial charge is 0.0696 e. The standard InChI is InChI=1S/2C40H56/c2*1-31(19-13-21-33(3)25-27-37-35(5)23-15-29-39(37,7)8)17-11-12-18-32(2)20-14-22-34(4)26-28-38-36(6)24-16-30-40(38,9)10/h2*11-14,17-22,25-28H,15-16,23-24,29-30H2,1-10H3/b2*12-11+,19-13+,20-14+,27-25+,28-26+,31-17+,32-18+,33-21+,34-22+. The number of hydrogen-bond donors (Lipinski definition) is 0. The highest BCUT2D eigenvalue weighted by Gasteiger charge is 2.29. The second-order valence-electron chi connectivity index (χ2n) is 26.6. The maximum atomic E-state index is 2.37. The van der Waals surface area contributed by atoms with E-state index in [9.17, 15) is 0 Å². The van der Waals surface area contributed by atoms with Gasteiger partial charge in [0.2, 0.25) is 0 Å². The summed E-state index contributed by atoms with van der Waals surface area (Å²) in [7, 11) is 0. The van der Waals surface area contributed by atoms with Gasteiger partial charge in [0, 0.05) is 0 Å². The van der Waals surface area contributed by atoms with Crippen LogP contribution in [0.3, 0.4) is 0 Å². The summed E-state index contributed by atoms with van der Waals surface area (Å²) in [4.78, 5) is 0. The molecule has 0 nitrogen and oxygen atoms in total. The lowest BCUT2D eigenvalue weighted by Crippen LogP contribution is -2.19. The Balaban J connectivity index is 0.000000420. The Bertz CT molecular complexity index is 2430. The van der Waals surface area contributed by atoms with Gasteiger partial charge in [0.25, 0.3) is 0 Å². The average molecular weight is 1070 g/mol. The average Bonchev–Trinajstić information content (AvgIpc) is 3.35. The van der Waals surface area contributed by atoms with Crippen molar-refractivity contribution in [2.45, 2.75) is 216 Å². The zero-order chi connectivity index (χ0) is 59.5. The molecule has 0 amide bonds. The highest BCUT2D eigenvalue weighted by atomic mass is 14.3. The summed E-state index contributed by atoms with van der Waals surface area (Å²) in [6.45, 7) is 45.4. The minimum absolute atomic E-state index is 0.291. The van der Waals surface area contributed by atoms with Crippen LogP contribution in [-0.4, -0.2) is 0 Å². The first-order valence-corrected chi connectivity index (χ1v) is 30.6. The van der Waals surface area contributed by atoms with Gasteiger partial charge in [0.15, 0.2) is 0 Å². The topological polar surface area (TPSA) is 0 Å². The second-order valence-corrected chi connectivity index (χ2v) is 26.6. The minimum atomic E-state index is 0.291.